The van der Waals surface area contributed by atoms with Gasteiger partial charge >= 0.3 is 6.15 Å². The number of nitrogens with zero attached hydrogens (tertiary/aromatic N) is 2. The van der Waals surface area contributed by atoms with Crippen molar-refractivity contribution in [2.75, 3.05) is 20.3 Å². The number of fused-ring (bicyclic) bond motifs is 1. The maximum atomic E-state index is 12.3. The molecule has 0 aliphatic heterocycles. The van der Waals surface area contributed by atoms with E-state index in [4.69, 9.17) is 14.3 Å². The minimum absolute atomic E-state index is 0.0842. The number of hydrogen-bond acceptors (Lipinski definition) is 5. The van der Waals surface area contributed by atoms with Gasteiger partial charge in [0, 0.05) is 32.4 Å². The lowest BCUT2D eigenvalue weighted by atomic mass is 10.0. The fourth-order valence-corrected chi connectivity index (χ4v) is 3.48. The van der Waals surface area contributed by atoms with Crippen molar-refractivity contribution < 1.29 is 19.1 Å². The lowest BCUT2D eigenvalue weighted by Gasteiger charge is -2.08. The molecule has 3 aromatic carbocycles. The average molecular weight is 444 g/mol. The summed E-state index contributed by atoms with van der Waals surface area (Å²) in [6.45, 7) is 1.96. The van der Waals surface area contributed by atoms with E-state index in [0.717, 1.165) is 24.0 Å². The zero-order chi connectivity index (χ0) is 23.5. The number of rotatable bonds is 8. The number of aromatic nitrogens is 2. The molecule has 0 aliphatic carbocycles. The van der Waals surface area contributed by atoms with Crippen LogP contribution in [0.4, 0.5) is 0 Å². The molecule has 0 aliphatic rings. The van der Waals surface area contributed by atoms with Crippen molar-refractivity contribution >= 4 is 23.1 Å². The van der Waals surface area contributed by atoms with Gasteiger partial charge in [0.1, 0.15) is 0 Å². The topological polar surface area (TPSA) is 90.3 Å². The normalized spacial score (nSPS) is 10.2. The van der Waals surface area contributed by atoms with Gasteiger partial charge in [-0.25, -0.2) is 4.98 Å². The van der Waals surface area contributed by atoms with E-state index in [-0.39, 0.29) is 12.1 Å². The number of hydrogen-bond donors (Lipinski definition) is 1. The van der Waals surface area contributed by atoms with Crippen molar-refractivity contribution in [3.05, 3.63) is 90.3 Å². The van der Waals surface area contributed by atoms with E-state index in [0.29, 0.717) is 18.7 Å². The first kappa shape index (κ1) is 23.6. The maximum Gasteiger partial charge on any atom is 0.373 e. The summed E-state index contributed by atoms with van der Waals surface area (Å²) in [5, 5.41) is 2.91. The van der Waals surface area contributed by atoms with Crippen LogP contribution in [0.1, 0.15) is 22.3 Å². The summed E-state index contributed by atoms with van der Waals surface area (Å²) in [6, 6.07) is 24.6. The number of imidazole rings is 1. The van der Waals surface area contributed by atoms with Crippen molar-refractivity contribution in [1.82, 2.24) is 14.9 Å². The van der Waals surface area contributed by atoms with Crippen molar-refractivity contribution in [2.24, 2.45) is 0 Å². The molecule has 4 aromatic rings. The van der Waals surface area contributed by atoms with Crippen molar-refractivity contribution in [1.29, 1.82) is 0 Å². The molecule has 7 nitrogen and oxygen atoms in total. The Balaban J connectivity index is 0.000000968. The van der Waals surface area contributed by atoms with Gasteiger partial charge in [0.05, 0.1) is 17.4 Å². The third-order valence-electron chi connectivity index (χ3n) is 5.11. The average Bonchev–Trinajstić information content (AvgIpc) is 3.25. The number of benzene rings is 3. The van der Waals surface area contributed by atoms with Gasteiger partial charge in [0.2, 0.25) is 0 Å². The molecule has 4 rings (SSSR count). The number of methoxy groups -OCH3 is 1. The Morgan fingerprint density at radius 1 is 1.00 bits per heavy atom. The predicted octanol–water partition coefficient (Wildman–Crippen LogP) is 3.93. The molecule has 1 heterocycles. The fraction of sp³-hybridized carbons (Fsp3) is 0.192. The van der Waals surface area contributed by atoms with Crippen LogP contribution in [0.15, 0.2) is 79.1 Å². The molecular formula is C26H25N3O4. The lowest BCUT2D eigenvalue weighted by molar-refractivity contribution is -0.191. The molecule has 0 atom stereocenters. The molecule has 1 N–H and O–H groups in total. The van der Waals surface area contributed by atoms with Gasteiger partial charge in [-0.2, -0.15) is 9.59 Å². The van der Waals surface area contributed by atoms with Crippen molar-refractivity contribution in [3.63, 3.8) is 0 Å². The molecule has 1 amide bonds. The third-order valence-corrected chi connectivity index (χ3v) is 5.11. The SMILES string of the molecule is COCCCNC(=O)c1ccc2c(c1)ncn2Cc1ccc(-c2ccccc2)cc1.O=C=O. The third kappa shape index (κ3) is 6.46. The van der Waals surface area contributed by atoms with Gasteiger partial charge in [-0.3, -0.25) is 4.79 Å². The minimum Gasteiger partial charge on any atom is -0.385 e. The Morgan fingerprint density at radius 2 is 1.70 bits per heavy atom. The number of carbonyl (C=O) groups is 1. The van der Waals surface area contributed by atoms with Crippen molar-refractivity contribution in [3.8, 4) is 11.1 Å². The van der Waals surface area contributed by atoms with E-state index in [9.17, 15) is 4.79 Å². The summed E-state index contributed by atoms with van der Waals surface area (Å²) in [7, 11) is 1.66. The van der Waals surface area contributed by atoms with Gasteiger partial charge in [-0.1, -0.05) is 54.6 Å². The van der Waals surface area contributed by atoms with Crippen LogP contribution in [0, 0.1) is 0 Å². The number of nitrogens with one attached hydrogen (secondary N) is 1. The number of ether oxygens (including phenoxy) is 1. The molecule has 0 radical (unpaired) electrons. The lowest BCUT2D eigenvalue weighted by Crippen LogP contribution is -2.25. The molecule has 0 bridgehead atoms. The molecule has 0 fully saturated rings. The molecule has 0 saturated carbocycles. The van der Waals surface area contributed by atoms with Crippen molar-refractivity contribution in [2.45, 2.75) is 13.0 Å². The Labute approximate surface area is 192 Å². The fourth-order valence-electron chi connectivity index (χ4n) is 3.48. The second-order valence-electron chi connectivity index (χ2n) is 7.32. The second kappa shape index (κ2) is 12.1. The highest BCUT2D eigenvalue weighted by molar-refractivity contribution is 5.97. The first-order valence-corrected chi connectivity index (χ1v) is 10.5. The summed E-state index contributed by atoms with van der Waals surface area (Å²) < 4.78 is 7.11. The van der Waals surface area contributed by atoms with E-state index >= 15 is 0 Å². The standard InChI is InChI=1S/C25H25N3O2.CO2/c1-30-15-5-14-26-25(29)22-12-13-24-23(16-22)27-18-28(24)17-19-8-10-21(11-9-19)20-6-3-2-4-7-20;2-1-3/h2-4,6-13,16,18H,5,14-15,17H2,1H3,(H,26,29);. The summed E-state index contributed by atoms with van der Waals surface area (Å²) >= 11 is 0. The zero-order valence-electron chi connectivity index (χ0n) is 18.4. The summed E-state index contributed by atoms with van der Waals surface area (Å²) in [5.41, 5.74) is 6.07. The van der Waals surface area contributed by atoms with E-state index in [1.165, 1.54) is 16.7 Å². The molecular weight excluding hydrogens is 418 g/mol. The van der Waals surface area contributed by atoms with Gasteiger partial charge in [0.25, 0.3) is 5.91 Å². The Bertz CT molecular complexity index is 1210. The Kier molecular flexibility index (Phi) is 8.65. The first-order chi connectivity index (χ1) is 16.2. The predicted molar refractivity (Wildman–Crippen MR) is 125 cm³/mol. The van der Waals surface area contributed by atoms with Gasteiger partial charge in [-0.15, -0.1) is 0 Å². The molecule has 0 spiro atoms. The van der Waals surface area contributed by atoms with Gasteiger partial charge in [0.15, 0.2) is 0 Å². The monoisotopic (exact) mass is 443 g/mol. The van der Waals surface area contributed by atoms with Crippen LogP contribution in [0.3, 0.4) is 0 Å². The van der Waals surface area contributed by atoms with Crippen LogP contribution < -0.4 is 5.32 Å². The molecule has 33 heavy (non-hydrogen) atoms. The molecule has 7 heteroatoms. The van der Waals surface area contributed by atoms with Crippen LogP contribution >= 0.6 is 0 Å². The van der Waals surface area contributed by atoms with Crippen LogP contribution in [0.5, 0.6) is 0 Å². The molecule has 1 aromatic heterocycles. The van der Waals surface area contributed by atoms with Crippen LogP contribution in [-0.2, 0) is 20.9 Å². The molecule has 168 valence electrons. The van der Waals surface area contributed by atoms with Crippen LogP contribution in [0.2, 0.25) is 0 Å². The first-order valence-electron chi connectivity index (χ1n) is 10.5. The van der Waals surface area contributed by atoms with Gasteiger partial charge < -0.3 is 14.6 Å². The van der Waals surface area contributed by atoms with E-state index in [2.05, 4.69) is 63.4 Å². The second-order valence-corrected chi connectivity index (χ2v) is 7.32. The minimum atomic E-state index is -0.0842. The van der Waals surface area contributed by atoms with E-state index in [1.807, 2.05) is 30.6 Å². The Hall–Kier alpha value is -4.06. The summed E-state index contributed by atoms with van der Waals surface area (Å²) in [4.78, 5) is 33.1. The highest BCUT2D eigenvalue weighted by Crippen LogP contribution is 2.21. The van der Waals surface area contributed by atoms with Crippen LogP contribution in [-0.4, -0.2) is 41.9 Å². The zero-order valence-corrected chi connectivity index (χ0v) is 18.4. The quantitative estimate of drug-likeness (QED) is 0.417. The highest BCUT2D eigenvalue weighted by atomic mass is 16.5. The molecule has 0 unspecified atom stereocenters. The number of amides is 1. The Morgan fingerprint density at radius 3 is 2.39 bits per heavy atom. The summed E-state index contributed by atoms with van der Waals surface area (Å²) in [6.07, 6.45) is 2.87. The van der Waals surface area contributed by atoms with E-state index in [1.54, 1.807) is 7.11 Å². The number of carbonyl (C=O) groups excluding carboxylic acids is 3. The van der Waals surface area contributed by atoms with E-state index < -0.39 is 0 Å². The summed E-state index contributed by atoms with van der Waals surface area (Å²) in [5.74, 6) is -0.0842. The largest absolute Gasteiger partial charge is 0.385 e. The maximum absolute atomic E-state index is 12.3. The van der Waals surface area contributed by atoms with Gasteiger partial charge in [-0.05, 0) is 41.3 Å². The van der Waals surface area contributed by atoms with Crippen LogP contribution in [0.25, 0.3) is 22.2 Å². The smallest absolute Gasteiger partial charge is 0.373 e. The highest BCUT2D eigenvalue weighted by Gasteiger charge is 2.09. The molecule has 0 saturated heterocycles.